The van der Waals surface area contributed by atoms with Crippen molar-refractivity contribution < 1.29 is 26.9 Å². The fourth-order valence-corrected chi connectivity index (χ4v) is 3.74. The molecule has 0 aliphatic carbocycles. The molecule has 0 atom stereocenters. The van der Waals surface area contributed by atoms with Crippen LogP contribution in [0.4, 0.5) is 17.6 Å². The van der Waals surface area contributed by atoms with Crippen LogP contribution in [0.2, 0.25) is 0 Å². The molecule has 0 spiro atoms. The van der Waals surface area contributed by atoms with Gasteiger partial charge >= 0.3 is 6.18 Å². The second-order valence-electron chi connectivity index (χ2n) is 7.97. The van der Waals surface area contributed by atoms with E-state index in [0.29, 0.717) is 23.3 Å². The fourth-order valence-electron chi connectivity index (χ4n) is 3.74. The van der Waals surface area contributed by atoms with E-state index in [0.717, 1.165) is 16.0 Å². The molecule has 37 heavy (non-hydrogen) atoms. The van der Waals surface area contributed by atoms with Crippen molar-refractivity contribution in [1.82, 2.24) is 30.0 Å². The lowest BCUT2D eigenvalue weighted by molar-refractivity contribution is -0.140. The minimum atomic E-state index is -4.83. The van der Waals surface area contributed by atoms with Gasteiger partial charge in [-0.1, -0.05) is 11.2 Å². The van der Waals surface area contributed by atoms with Crippen LogP contribution in [0.15, 0.2) is 70.4 Å². The molecule has 13 heteroatoms. The van der Waals surface area contributed by atoms with E-state index in [1.54, 1.807) is 18.5 Å². The number of aromatic amines is 1. The lowest BCUT2D eigenvalue weighted by atomic mass is 10.1. The maximum absolute atomic E-state index is 13.9. The highest BCUT2D eigenvalue weighted by Gasteiger charge is 2.33. The van der Waals surface area contributed by atoms with Gasteiger partial charge in [0.25, 0.3) is 17.4 Å². The van der Waals surface area contributed by atoms with Gasteiger partial charge in [0.05, 0.1) is 24.2 Å². The highest BCUT2D eigenvalue weighted by Crippen LogP contribution is 2.31. The summed E-state index contributed by atoms with van der Waals surface area (Å²) in [5.41, 5.74) is -0.926. The number of hydrogen-bond acceptors (Lipinski definition) is 6. The number of fused-ring (bicyclic) bond motifs is 1. The molecule has 0 unspecified atom stereocenters. The quantitative estimate of drug-likeness (QED) is 0.333. The lowest BCUT2D eigenvalue weighted by Gasteiger charge is -2.11. The number of rotatable bonds is 6. The van der Waals surface area contributed by atoms with Crippen molar-refractivity contribution in [1.29, 1.82) is 0 Å². The summed E-state index contributed by atoms with van der Waals surface area (Å²) in [4.78, 5) is 36.9. The summed E-state index contributed by atoms with van der Waals surface area (Å²) in [6, 6.07) is 8.70. The van der Waals surface area contributed by atoms with Crippen LogP contribution in [0.3, 0.4) is 0 Å². The van der Waals surface area contributed by atoms with E-state index < -0.39 is 29.0 Å². The number of hydrogen-bond donors (Lipinski definition) is 2. The summed E-state index contributed by atoms with van der Waals surface area (Å²) in [5.74, 6) is -1.79. The Morgan fingerprint density at radius 3 is 2.78 bits per heavy atom. The molecule has 5 rings (SSSR count). The molecule has 2 N–H and O–H groups in total. The SMILES string of the molecule is O=C(NCc1noc(-c2c[nH]c3ncccc23)n1)c1cccn(Cc2ccc(C(F)(F)F)c(F)c2)c1=O. The maximum Gasteiger partial charge on any atom is 0.419 e. The van der Waals surface area contributed by atoms with Crippen LogP contribution in [-0.2, 0) is 19.3 Å². The van der Waals surface area contributed by atoms with Crippen molar-refractivity contribution in [3.63, 3.8) is 0 Å². The van der Waals surface area contributed by atoms with Gasteiger partial charge in [0.2, 0.25) is 0 Å². The van der Waals surface area contributed by atoms with Crippen LogP contribution in [0, 0.1) is 5.82 Å². The zero-order valence-electron chi connectivity index (χ0n) is 18.7. The Balaban J connectivity index is 1.28. The highest BCUT2D eigenvalue weighted by molar-refractivity contribution is 5.93. The van der Waals surface area contributed by atoms with E-state index >= 15 is 0 Å². The van der Waals surface area contributed by atoms with Crippen molar-refractivity contribution in [3.05, 3.63) is 99.7 Å². The summed E-state index contributed by atoms with van der Waals surface area (Å²) in [6.07, 6.45) is -0.182. The molecule has 0 radical (unpaired) electrons. The van der Waals surface area contributed by atoms with Crippen molar-refractivity contribution in [2.24, 2.45) is 0 Å². The minimum Gasteiger partial charge on any atom is -0.345 e. The molecule has 0 saturated carbocycles. The van der Waals surface area contributed by atoms with Crippen molar-refractivity contribution in [2.75, 3.05) is 0 Å². The Hall–Kier alpha value is -4.81. The van der Waals surface area contributed by atoms with E-state index in [9.17, 15) is 27.2 Å². The van der Waals surface area contributed by atoms with Crippen molar-refractivity contribution in [2.45, 2.75) is 19.3 Å². The second kappa shape index (κ2) is 9.33. The molecule has 188 valence electrons. The Kier molecular flexibility index (Phi) is 6.03. The molecule has 4 heterocycles. The van der Waals surface area contributed by atoms with E-state index in [1.165, 1.54) is 18.3 Å². The highest BCUT2D eigenvalue weighted by atomic mass is 19.4. The predicted octanol–water partition coefficient (Wildman–Crippen LogP) is 3.91. The number of benzene rings is 1. The predicted molar refractivity (Wildman–Crippen MR) is 122 cm³/mol. The average Bonchev–Trinajstić information content (AvgIpc) is 3.50. The van der Waals surface area contributed by atoms with E-state index in [1.807, 2.05) is 6.07 Å². The molecule has 0 bridgehead atoms. The molecule has 0 aliphatic rings. The van der Waals surface area contributed by atoms with Gasteiger partial charge in [-0.3, -0.25) is 9.59 Å². The first-order chi connectivity index (χ1) is 17.7. The topological polar surface area (TPSA) is 119 Å². The third-order valence-corrected chi connectivity index (χ3v) is 5.51. The first kappa shape index (κ1) is 23.9. The molecule has 0 saturated heterocycles. The molecular weight excluding hydrogens is 496 g/mol. The third-order valence-electron chi connectivity index (χ3n) is 5.51. The summed E-state index contributed by atoms with van der Waals surface area (Å²) in [7, 11) is 0. The van der Waals surface area contributed by atoms with Crippen LogP contribution in [-0.4, -0.2) is 30.6 Å². The number of amides is 1. The van der Waals surface area contributed by atoms with Gasteiger partial charge in [0.15, 0.2) is 5.82 Å². The first-order valence-electron chi connectivity index (χ1n) is 10.8. The van der Waals surface area contributed by atoms with E-state index in [-0.39, 0.29) is 35.9 Å². The fraction of sp³-hybridized carbons (Fsp3) is 0.125. The summed E-state index contributed by atoms with van der Waals surface area (Å²) in [5, 5.41) is 7.15. The minimum absolute atomic E-state index is 0.122. The monoisotopic (exact) mass is 512 g/mol. The Bertz CT molecular complexity index is 1670. The zero-order valence-corrected chi connectivity index (χ0v) is 18.7. The number of aromatic nitrogens is 5. The lowest BCUT2D eigenvalue weighted by Crippen LogP contribution is -2.32. The molecule has 5 aromatic rings. The molecule has 1 amide bonds. The number of H-pyrrole nitrogens is 1. The Labute approximate surface area is 204 Å². The smallest absolute Gasteiger partial charge is 0.345 e. The number of carbonyl (C=O) groups excluding carboxylic acids is 1. The van der Waals surface area contributed by atoms with Crippen LogP contribution >= 0.6 is 0 Å². The molecule has 1 aromatic carbocycles. The van der Waals surface area contributed by atoms with E-state index in [2.05, 4.69) is 25.4 Å². The van der Waals surface area contributed by atoms with Gasteiger partial charge in [0.1, 0.15) is 17.0 Å². The Morgan fingerprint density at radius 1 is 1.16 bits per heavy atom. The van der Waals surface area contributed by atoms with E-state index in [4.69, 9.17) is 4.52 Å². The molecular formula is C24H16F4N6O3. The van der Waals surface area contributed by atoms with Gasteiger partial charge < -0.3 is 19.4 Å². The summed E-state index contributed by atoms with van der Waals surface area (Å²) in [6.45, 7) is -0.371. The van der Waals surface area contributed by atoms with Crippen molar-refractivity contribution in [3.8, 4) is 11.5 Å². The van der Waals surface area contributed by atoms with Crippen molar-refractivity contribution >= 4 is 16.9 Å². The first-order valence-corrected chi connectivity index (χ1v) is 10.8. The summed E-state index contributed by atoms with van der Waals surface area (Å²) >= 11 is 0. The van der Waals surface area contributed by atoms with Crippen LogP contribution < -0.4 is 10.9 Å². The molecule has 4 aromatic heterocycles. The number of nitrogens with one attached hydrogen (secondary N) is 2. The average molecular weight is 512 g/mol. The van der Waals surface area contributed by atoms with Crippen LogP contribution in [0.1, 0.15) is 27.3 Å². The largest absolute Gasteiger partial charge is 0.419 e. The molecule has 9 nitrogen and oxygen atoms in total. The number of nitrogens with zero attached hydrogens (tertiary/aromatic N) is 4. The Morgan fingerprint density at radius 2 is 2.00 bits per heavy atom. The van der Waals surface area contributed by atoms with Gasteiger partial charge in [-0.05, 0) is 42.0 Å². The maximum atomic E-state index is 13.9. The van der Waals surface area contributed by atoms with Gasteiger partial charge in [0, 0.05) is 24.0 Å². The normalized spacial score (nSPS) is 11.7. The third kappa shape index (κ3) is 4.83. The second-order valence-corrected chi connectivity index (χ2v) is 7.97. The van der Waals surface area contributed by atoms with Gasteiger partial charge in [-0.15, -0.1) is 0 Å². The van der Waals surface area contributed by atoms with Crippen LogP contribution in [0.25, 0.3) is 22.5 Å². The number of carbonyl (C=O) groups is 1. The number of halogens is 4. The van der Waals surface area contributed by atoms with Gasteiger partial charge in [-0.25, -0.2) is 9.37 Å². The number of pyridine rings is 2. The summed E-state index contributed by atoms with van der Waals surface area (Å²) < 4.78 is 58.6. The number of alkyl halides is 3. The standard InChI is InChI=1S/C24H16F4N6O3/c25-18-9-13(5-6-17(18)24(26,27)28)12-34-8-2-4-15(23(34)36)21(35)31-11-19-32-22(37-33-19)16-10-30-20-14(16)3-1-7-29-20/h1-10H,11-12H2,(H,29,30)(H,31,35). The van der Waals surface area contributed by atoms with Gasteiger partial charge in [-0.2, -0.15) is 18.2 Å². The zero-order chi connectivity index (χ0) is 26.2. The van der Waals surface area contributed by atoms with Crippen LogP contribution in [0.5, 0.6) is 0 Å². The molecule has 0 aliphatic heterocycles. The molecule has 0 fully saturated rings.